The Kier molecular flexibility index (Phi) is 21.6. The first-order chi connectivity index (χ1) is 27.7. The summed E-state index contributed by atoms with van der Waals surface area (Å²) >= 11 is 0. The lowest BCUT2D eigenvalue weighted by molar-refractivity contribution is 0.150. The average Bonchev–Trinajstić information content (AvgIpc) is 3.26. The lowest BCUT2D eigenvalue weighted by Gasteiger charge is -2.23. The summed E-state index contributed by atoms with van der Waals surface area (Å²) in [6.07, 6.45) is 24.3. The smallest absolute Gasteiger partial charge is 0.223 e. The Balaban J connectivity index is 0.000000368. The van der Waals surface area contributed by atoms with Crippen LogP contribution in [0.5, 0.6) is 11.5 Å². The number of rotatable bonds is 13. The Morgan fingerprint density at radius 2 is 1.25 bits per heavy atom. The number of pyridine rings is 2. The van der Waals surface area contributed by atoms with Crippen molar-refractivity contribution in [3.05, 3.63) is 209 Å². The van der Waals surface area contributed by atoms with E-state index >= 15 is 0 Å². The average molecular weight is 769 g/mol. The van der Waals surface area contributed by atoms with Crippen molar-refractivity contribution in [3.63, 3.8) is 0 Å². The molecule has 5 aromatic rings. The second kappa shape index (κ2) is 26.3. The van der Waals surface area contributed by atoms with Crippen LogP contribution in [-0.2, 0) is 0 Å². The van der Waals surface area contributed by atoms with Crippen LogP contribution < -0.4 is 10.9 Å². The van der Waals surface area contributed by atoms with E-state index in [4.69, 9.17) is 5.11 Å². The minimum absolute atomic E-state index is 0.270. The summed E-state index contributed by atoms with van der Waals surface area (Å²) in [4.78, 5) is 23.9. The number of aromatic hydroxyl groups is 2. The molecule has 0 aliphatic heterocycles. The molecule has 0 amide bonds. The van der Waals surface area contributed by atoms with Crippen molar-refractivity contribution in [2.75, 3.05) is 7.11 Å². The maximum absolute atomic E-state index is 12.0. The molecule has 4 N–H and O–H groups in total. The molecular formula is C49H56N2O6. The van der Waals surface area contributed by atoms with Crippen molar-refractivity contribution in [1.29, 1.82) is 0 Å². The maximum atomic E-state index is 12.0. The van der Waals surface area contributed by atoms with E-state index in [0.29, 0.717) is 17.8 Å². The fourth-order valence-corrected chi connectivity index (χ4v) is 5.43. The Morgan fingerprint density at radius 3 is 1.89 bits per heavy atom. The molecule has 0 fully saturated rings. The fraction of sp³-hybridized carbons (Fsp3) is 0.184. The van der Waals surface area contributed by atoms with Crippen LogP contribution >= 0.6 is 0 Å². The Labute approximate surface area is 337 Å². The van der Waals surface area contributed by atoms with Crippen molar-refractivity contribution in [1.82, 2.24) is 9.13 Å². The van der Waals surface area contributed by atoms with E-state index in [2.05, 4.69) is 18.7 Å². The van der Waals surface area contributed by atoms with E-state index in [1.165, 1.54) is 24.5 Å². The van der Waals surface area contributed by atoms with Gasteiger partial charge in [0.05, 0.1) is 18.5 Å². The molecule has 8 nitrogen and oxygen atoms in total. The molecule has 0 spiro atoms. The first-order valence-corrected chi connectivity index (χ1v) is 18.9. The van der Waals surface area contributed by atoms with E-state index in [9.17, 15) is 24.9 Å². The second-order valence-corrected chi connectivity index (χ2v) is 12.1. The predicted octanol–water partition coefficient (Wildman–Crippen LogP) is 10.1. The number of aliphatic hydroxyl groups excluding tert-OH is 2. The number of allylic oxidation sites excluding steroid dienone is 9. The van der Waals surface area contributed by atoms with Gasteiger partial charge in [0.1, 0.15) is 0 Å². The van der Waals surface area contributed by atoms with Crippen molar-refractivity contribution < 1.29 is 20.4 Å². The Bertz CT molecular complexity index is 2210. The highest BCUT2D eigenvalue weighted by atomic mass is 16.3. The number of aliphatic hydroxyl groups is 2. The summed E-state index contributed by atoms with van der Waals surface area (Å²) in [6.45, 7) is 11.4. The molecule has 57 heavy (non-hydrogen) atoms. The third-order valence-corrected chi connectivity index (χ3v) is 8.30. The number of hydrogen-bond acceptors (Lipinski definition) is 6. The van der Waals surface area contributed by atoms with E-state index in [1.807, 2.05) is 166 Å². The highest BCUT2D eigenvalue weighted by molar-refractivity contribution is 5.66. The van der Waals surface area contributed by atoms with Crippen LogP contribution in [0.4, 0.5) is 0 Å². The molecule has 298 valence electrons. The van der Waals surface area contributed by atoms with Gasteiger partial charge < -0.3 is 29.6 Å². The molecule has 2 heterocycles. The molecule has 0 saturated carbocycles. The summed E-state index contributed by atoms with van der Waals surface area (Å²) in [7, 11) is 1.00. The molecule has 8 heteroatoms. The van der Waals surface area contributed by atoms with Crippen LogP contribution in [0.2, 0.25) is 0 Å². The van der Waals surface area contributed by atoms with Gasteiger partial charge in [0.15, 0.2) is 11.5 Å². The van der Waals surface area contributed by atoms with Crippen LogP contribution in [-0.4, -0.2) is 42.8 Å². The first kappa shape index (κ1) is 46.7. The lowest BCUT2D eigenvalue weighted by Crippen LogP contribution is -2.21. The molecule has 2 unspecified atom stereocenters. The van der Waals surface area contributed by atoms with Gasteiger partial charge in [-0.2, -0.15) is 0 Å². The van der Waals surface area contributed by atoms with Crippen molar-refractivity contribution in [3.8, 4) is 34.0 Å². The van der Waals surface area contributed by atoms with Crippen LogP contribution in [0.15, 0.2) is 186 Å². The number of benzene rings is 3. The normalized spacial score (nSPS) is 12.1. The molecular weight excluding hydrogens is 713 g/mol. The van der Waals surface area contributed by atoms with E-state index in [1.54, 1.807) is 10.6 Å². The Morgan fingerprint density at radius 1 is 0.667 bits per heavy atom. The van der Waals surface area contributed by atoms with E-state index in [-0.39, 0.29) is 17.4 Å². The van der Waals surface area contributed by atoms with Crippen LogP contribution in [0.3, 0.4) is 0 Å². The molecule has 0 saturated heterocycles. The standard InChI is InChI=1S/C26H23NO2.C20H23NO3.C2H6.CH4O/c1-2-3-4-5-6-7-11-16-24-19-25(28)26(29)20-27(24)23-17-12-15-22(18-23)21-13-9-8-10-14-21;1-3-4-5-9-12-18(22)15(2)17-13-19(23)20(24)14-21(17)16-10-7-6-8-11-16;2*1-2/h2-6,8-20,29H,1,7H2;3-11,13-15,18,22,24H,12H2,1-2H3;1-2H3;2H,1H3/b4-3-,6-5-,16-11+;4-3-,9-5-;;. The largest absolute Gasteiger partial charge is 0.503 e. The highest BCUT2D eigenvalue weighted by Crippen LogP contribution is 2.26. The minimum Gasteiger partial charge on any atom is -0.503 e. The van der Waals surface area contributed by atoms with E-state index < -0.39 is 17.0 Å². The van der Waals surface area contributed by atoms with Gasteiger partial charge in [0, 0.05) is 47.9 Å². The first-order valence-electron chi connectivity index (χ1n) is 18.9. The summed E-state index contributed by atoms with van der Waals surface area (Å²) in [5, 5.41) is 37.2. The molecule has 2 atom stereocenters. The summed E-state index contributed by atoms with van der Waals surface area (Å²) in [5.74, 6) is -0.854. The van der Waals surface area contributed by atoms with Crippen LogP contribution in [0.25, 0.3) is 28.6 Å². The number of para-hydroxylation sites is 1. The SMILES string of the molecule is C/C=C\C=C/CC(O)C(C)c1cc(=O)c(O)cn1-c1ccccc1.C=C/C=C\C=C/C/C=C/c1cc(=O)c(O)cn1-c1cccc(-c2ccccc2)c1.CC.CO. The van der Waals surface area contributed by atoms with Crippen LogP contribution in [0.1, 0.15) is 57.8 Å². The fourth-order valence-electron chi connectivity index (χ4n) is 5.43. The molecule has 0 aliphatic rings. The quantitative estimate of drug-likeness (QED) is 0.0884. The van der Waals surface area contributed by atoms with E-state index in [0.717, 1.165) is 36.0 Å². The van der Waals surface area contributed by atoms with Gasteiger partial charge in [-0.25, -0.2) is 0 Å². The summed E-state index contributed by atoms with van der Waals surface area (Å²) in [6, 6.07) is 30.4. The van der Waals surface area contributed by atoms with Gasteiger partial charge in [-0.1, -0.05) is 149 Å². The second-order valence-electron chi connectivity index (χ2n) is 12.1. The van der Waals surface area contributed by atoms with Gasteiger partial charge in [-0.05, 0) is 61.2 Å². The zero-order chi connectivity index (χ0) is 42.0. The molecule has 3 aromatic carbocycles. The molecule has 0 bridgehead atoms. The molecule has 2 aromatic heterocycles. The number of nitrogens with zero attached hydrogens (tertiary/aromatic N) is 2. The predicted molar refractivity (Wildman–Crippen MR) is 237 cm³/mol. The van der Waals surface area contributed by atoms with Crippen molar-refractivity contribution in [2.24, 2.45) is 0 Å². The van der Waals surface area contributed by atoms with Crippen LogP contribution in [0, 0.1) is 0 Å². The lowest BCUT2D eigenvalue weighted by atomic mass is 9.96. The van der Waals surface area contributed by atoms with Gasteiger partial charge in [0.25, 0.3) is 0 Å². The third-order valence-electron chi connectivity index (χ3n) is 8.30. The molecule has 5 rings (SSSR count). The topological polar surface area (TPSA) is 125 Å². The number of hydrogen-bond donors (Lipinski definition) is 4. The van der Waals surface area contributed by atoms with Gasteiger partial charge in [-0.3, -0.25) is 9.59 Å². The number of aromatic nitrogens is 2. The van der Waals surface area contributed by atoms with Crippen molar-refractivity contribution in [2.45, 2.75) is 52.6 Å². The molecule has 0 radical (unpaired) electrons. The van der Waals surface area contributed by atoms with Gasteiger partial charge in [-0.15, -0.1) is 0 Å². The molecule has 0 aliphatic carbocycles. The highest BCUT2D eigenvalue weighted by Gasteiger charge is 2.20. The summed E-state index contributed by atoms with van der Waals surface area (Å²) < 4.78 is 3.57. The zero-order valence-corrected chi connectivity index (χ0v) is 33.5. The zero-order valence-electron chi connectivity index (χ0n) is 33.5. The minimum atomic E-state index is -0.634. The maximum Gasteiger partial charge on any atom is 0.223 e. The van der Waals surface area contributed by atoms with Gasteiger partial charge >= 0.3 is 0 Å². The Hall–Kier alpha value is -6.48. The third kappa shape index (κ3) is 14.9. The van der Waals surface area contributed by atoms with Crippen molar-refractivity contribution >= 4 is 6.08 Å². The monoisotopic (exact) mass is 768 g/mol. The van der Waals surface area contributed by atoms with Gasteiger partial charge in [0.2, 0.25) is 10.9 Å². The summed E-state index contributed by atoms with van der Waals surface area (Å²) in [5.41, 5.74) is 4.38.